The number of methoxy groups -OCH3 is 1. The number of nitrogens with one attached hydrogen (secondary N) is 1. The summed E-state index contributed by atoms with van der Waals surface area (Å²) in [5, 5.41) is 12.6. The van der Waals surface area contributed by atoms with Crippen LogP contribution in [-0.4, -0.2) is 40.4 Å². The number of imidazole rings is 1. The molecule has 20 heavy (non-hydrogen) atoms. The molecule has 2 aromatic rings. The molecule has 0 saturated carbocycles. The van der Waals surface area contributed by atoms with Crippen LogP contribution in [0.4, 0.5) is 0 Å². The number of pyridine rings is 1. The van der Waals surface area contributed by atoms with Gasteiger partial charge in [-0.15, -0.1) is 0 Å². The van der Waals surface area contributed by atoms with Gasteiger partial charge in [-0.05, 0) is 41.4 Å². The van der Waals surface area contributed by atoms with E-state index in [1.165, 1.54) is 0 Å². The lowest BCUT2D eigenvalue weighted by atomic mass is 9.99. The van der Waals surface area contributed by atoms with Crippen LogP contribution >= 0.6 is 15.9 Å². The summed E-state index contributed by atoms with van der Waals surface area (Å²) in [4.78, 5) is 4.37. The van der Waals surface area contributed by atoms with Gasteiger partial charge < -0.3 is 19.6 Å². The first-order chi connectivity index (χ1) is 9.58. The number of nitrogens with zero attached hydrogens (tertiary/aromatic N) is 2. The Bertz CT molecular complexity index is 565. The van der Waals surface area contributed by atoms with Crippen molar-refractivity contribution in [1.82, 2.24) is 14.7 Å². The van der Waals surface area contributed by atoms with E-state index in [4.69, 9.17) is 4.74 Å². The first kappa shape index (κ1) is 15.4. The minimum Gasteiger partial charge on any atom is -0.396 e. The van der Waals surface area contributed by atoms with Gasteiger partial charge in [0.05, 0.1) is 18.5 Å². The quantitative estimate of drug-likeness (QED) is 0.808. The first-order valence-corrected chi connectivity index (χ1v) is 7.33. The molecule has 0 saturated heterocycles. The highest BCUT2D eigenvalue weighted by molar-refractivity contribution is 9.10. The van der Waals surface area contributed by atoms with Crippen LogP contribution < -0.4 is 5.32 Å². The molecule has 1 unspecified atom stereocenters. The number of ether oxygens (including phenoxy) is 1. The van der Waals surface area contributed by atoms with E-state index in [9.17, 15) is 5.11 Å². The largest absolute Gasteiger partial charge is 0.396 e. The Morgan fingerprint density at radius 3 is 3.00 bits per heavy atom. The topological polar surface area (TPSA) is 58.8 Å². The Balaban J connectivity index is 2.13. The lowest BCUT2D eigenvalue weighted by molar-refractivity contribution is 0.0967. The highest BCUT2D eigenvalue weighted by Crippen LogP contribution is 2.15. The number of halogens is 1. The maximum Gasteiger partial charge on any atom is 0.136 e. The van der Waals surface area contributed by atoms with Crippen LogP contribution in [0.25, 0.3) is 5.65 Å². The van der Waals surface area contributed by atoms with E-state index in [1.54, 1.807) is 7.11 Å². The molecule has 0 spiro atoms. The Hall–Kier alpha value is -0.950. The first-order valence-electron chi connectivity index (χ1n) is 6.54. The van der Waals surface area contributed by atoms with Gasteiger partial charge in [0, 0.05) is 36.5 Å². The predicted molar refractivity (Wildman–Crippen MR) is 81.7 cm³/mol. The highest BCUT2D eigenvalue weighted by atomic mass is 79.9. The smallest absolute Gasteiger partial charge is 0.136 e. The maximum absolute atomic E-state index is 9.17. The average molecular weight is 342 g/mol. The third kappa shape index (κ3) is 3.58. The number of rotatable bonds is 7. The van der Waals surface area contributed by atoms with Crippen LogP contribution in [0.3, 0.4) is 0 Å². The normalized spacial score (nSPS) is 14.6. The summed E-state index contributed by atoms with van der Waals surface area (Å²) in [5.74, 6) is 0. The van der Waals surface area contributed by atoms with E-state index in [-0.39, 0.29) is 12.1 Å². The van der Waals surface area contributed by atoms with E-state index in [1.807, 2.05) is 35.9 Å². The summed E-state index contributed by atoms with van der Waals surface area (Å²) in [7, 11) is 1.67. The molecule has 0 aliphatic heterocycles. The van der Waals surface area contributed by atoms with Crippen molar-refractivity contribution >= 4 is 21.6 Å². The number of hydrogen-bond donors (Lipinski definition) is 2. The standard InChI is InChI=1S/C14H20BrN3O2/c1-14(5-6-19,10-20-2)17-8-12-7-16-13-4-3-11(15)9-18(12)13/h3-4,7,9,17,19H,5-6,8,10H2,1-2H3. The van der Waals surface area contributed by atoms with Gasteiger partial charge in [-0.2, -0.15) is 0 Å². The number of hydrogen-bond acceptors (Lipinski definition) is 4. The van der Waals surface area contributed by atoms with E-state index in [2.05, 4.69) is 26.2 Å². The molecule has 1 atom stereocenters. The molecule has 2 rings (SSSR count). The van der Waals surface area contributed by atoms with Crippen molar-refractivity contribution in [3.63, 3.8) is 0 Å². The Kier molecular flexibility index (Phi) is 5.15. The highest BCUT2D eigenvalue weighted by Gasteiger charge is 2.23. The summed E-state index contributed by atoms with van der Waals surface area (Å²) >= 11 is 3.47. The fourth-order valence-electron chi connectivity index (χ4n) is 2.22. The van der Waals surface area contributed by atoms with Gasteiger partial charge in [-0.3, -0.25) is 0 Å². The van der Waals surface area contributed by atoms with Crippen LogP contribution in [0, 0.1) is 0 Å². The van der Waals surface area contributed by atoms with Crippen LogP contribution in [0.15, 0.2) is 29.0 Å². The molecule has 2 heterocycles. The molecule has 0 aliphatic rings. The number of aliphatic hydroxyl groups is 1. The van der Waals surface area contributed by atoms with Crippen molar-refractivity contribution in [3.05, 3.63) is 34.7 Å². The van der Waals surface area contributed by atoms with E-state index < -0.39 is 0 Å². The molecule has 0 fully saturated rings. The Morgan fingerprint density at radius 1 is 1.50 bits per heavy atom. The zero-order valence-corrected chi connectivity index (χ0v) is 13.4. The molecule has 2 N–H and O–H groups in total. The van der Waals surface area contributed by atoms with E-state index in [0.717, 1.165) is 15.8 Å². The molecular formula is C14H20BrN3O2. The van der Waals surface area contributed by atoms with Crippen molar-refractivity contribution in [3.8, 4) is 0 Å². The molecule has 0 amide bonds. The van der Waals surface area contributed by atoms with Crippen LogP contribution in [0.1, 0.15) is 19.0 Å². The molecule has 2 aromatic heterocycles. The van der Waals surface area contributed by atoms with Crippen LogP contribution in [-0.2, 0) is 11.3 Å². The lowest BCUT2D eigenvalue weighted by Crippen LogP contribution is -2.46. The second-order valence-corrected chi connectivity index (χ2v) is 6.06. The van der Waals surface area contributed by atoms with Crippen LogP contribution in [0.5, 0.6) is 0 Å². The van der Waals surface area contributed by atoms with Gasteiger partial charge >= 0.3 is 0 Å². The summed E-state index contributed by atoms with van der Waals surface area (Å²) < 4.78 is 8.29. The fraction of sp³-hybridized carbons (Fsp3) is 0.500. The summed E-state index contributed by atoms with van der Waals surface area (Å²) in [6.07, 6.45) is 4.50. The Labute approximate surface area is 127 Å². The van der Waals surface area contributed by atoms with Gasteiger partial charge in [0.1, 0.15) is 5.65 Å². The monoisotopic (exact) mass is 341 g/mol. The molecule has 0 aliphatic carbocycles. The van der Waals surface area contributed by atoms with Crippen LogP contribution in [0.2, 0.25) is 0 Å². The minimum atomic E-state index is -0.250. The fourth-order valence-corrected chi connectivity index (χ4v) is 2.55. The number of fused-ring (bicyclic) bond motifs is 1. The maximum atomic E-state index is 9.17. The summed E-state index contributed by atoms with van der Waals surface area (Å²) in [5.41, 5.74) is 1.74. The van der Waals surface area contributed by atoms with Crippen molar-refractivity contribution in [2.45, 2.75) is 25.4 Å². The third-order valence-electron chi connectivity index (χ3n) is 3.37. The number of aliphatic hydroxyl groups excluding tert-OH is 1. The number of aromatic nitrogens is 2. The van der Waals surface area contributed by atoms with Gasteiger partial charge in [-0.1, -0.05) is 0 Å². The second kappa shape index (κ2) is 6.67. The zero-order valence-electron chi connectivity index (χ0n) is 11.8. The molecular weight excluding hydrogens is 322 g/mol. The molecule has 0 bridgehead atoms. The van der Waals surface area contributed by atoms with Gasteiger partial charge in [-0.25, -0.2) is 4.98 Å². The van der Waals surface area contributed by atoms with Gasteiger partial charge in [0.15, 0.2) is 0 Å². The van der Waals surface area contributed by atoms with Crippen molar-refractivity contribution in [1.29, 1.82) is 0 Å². The van der Waals surface area contributed by atoms with Gasteiger partial charge in [0.25, 0.3) is 0 Å². The van der Waals surface area contributed by atoms with Gasteiger partial charge in [0.2, 0.25) is 0 Å². The average Bonchev–Trinajstić information content (AvgIpc) is 2.79. The SMILES string of the molecule is COCC(C)(CCO)NCc1cnc2ccc(Br)cn12. The molecule has 5 nitrogen and oxygen atoms in total. The minimum absolute atomic E-state index is 0.131. The second-order valence-electron chi connectivity index (χ2n) is 5.15. The van der Waals surface area contributed by atoms with Crippen molar-refractivity contribution in [2.24, 2.45) is 0 Å². The molecule has 110 valence electrons. The van der Waals surface area contributed by atoms with Crippen molar-refractivity contribution in [2.75, 3.05) is 20.3 Å². The molecule has 0 radical (unpaired) electrons. The molecule has 0 aromatic carbocycles. The third-order valence-corrected chi connectivity index (χ3v) is 3.84. The Morgan fingerprint density at radius 2 is 2.30 bits per heavy atom. The van der Waals surface area contributed by atoms with E-state index >= 15 is 0 Å². The van der Waals surface area contributed by atoms with E-state index in [0.29, 0.717) is 19.6 Å². The summed E-state index contributed by atoms with van der Waals surface area (Å²) in [6, 6.07) is 3.94. The zero-order chi connectivity index (χ0) is 14.6. The molecule has 6 heteroatoms. The van der Waals surface area contributed by atoms with Crippen molar-refractivity contribution < 1.29 is 9.84 Å². The lowest BCUT2D eigenvalue weighted by Gasteiger charge is -2.29. The predicted octanol–water partition coefficient (Wildman–Crippen LogP) is 1.97. The summed E-state index contributed by atoms with van der Waals surface area (Å²) in [6.45, 7) is 3.39.